The van der Waals surface area contributed by atoms with E-state index in [1.54, 1.807) is 6.20 Å². The third-order valence-corrected chi connectivity index (χ3v) is 2.43. The van der Waals surface area contributed by atoms with Crippen molar-refractivity contribution >= 4 is 6.21 Å². The number of rotatable bonds is 4. The van der Waals surface area contributed by atoms with E-state index in [1.807, 2.05) is 6.21 Å². The number of nitrogens with two attached hydrogens (primary N) is 1. The molecule has 0 heterocycles. The number of allylic oxidation sites excluding steroid dienone is 1. The molecule has 2 heteroatoms. The first-order valence-corrected chi connectivity index (χ1v) is 5.41. The Morgan fingerprint density at radius 2 is 1.79 bits per heavy atom. The van der Waals surface area contributed by atoms with Gasteiger partial charge in [0.25, 0.3) is 0 Å². The second kappa shape index (κ2) is 5.84. The standard InChI is InChI=1S/C12H24N2/c1-6-10(7-2)8-14-9-11(13)12(3,4)5/h8-10H,6-7,13H2,1-5H3/b11-9-,14-8?. The largest absolute Gasteiger partial charge is 0.400 e. The minimum atomic E-state index is 0.0191. The molecule has 0 aromatic heterocycles. The van der Waals surface area contributed by atoms with E-state index in [1.165, 1.54) is 0 Å². The van der Waals surface area contributed by atoms with Crippen molar-refractivity contribution in [3.05, 3.63) is 11.9 Å². The summed E-state index contributed by atoms with van der Waals surface area (Å²) in [6.45, 7) is 10.6. The highest BCUT2D eigenvalue weighted by Crippen LogP contribution is 2.20. The van der Waals surface area contributed by atoms with Crippen molar-refractivity contribution in [3.63, 3.8) is 0 Å². The van der Waals surface area contributed by atoms with Gasteiger partial charge in [0.1, 0.15) is 0 Å². The summed E-state index contributed by atoms with van der Waals surface area (Å²) in [5.74, 6) is 0.582. The molecule has 0 saturated heterocycles. The Labute approximate surface area is 88.3 Å². The van der Waals surface area contributed by atoms with Crippen LogP contribution in [0.4, 0.5) is 0 Å². The van der Waals surface area contributed by atoms with Crippen LogP contribution >= 0.6 is 0 Å². The molecule has 14 heavy (non-hydrogen) atoms. The molecular formula is C12H24N2. The SMILES string of the molecule is CCC(C=N/C=C(\N)C(C)(C)C)CC. The lowest BCUT2D eigenvalue weighted by atomic mass is 9.93. The van der Waals surface area contributed by atoms with E-state index in [2.05, 4.69) is 39.6 Å². The average molecular weight is 196 g/mol. The Hall–Kier alpha value is -0.790. The Balaban J connectivity index is 4.27. The van der Waals surface area contributed by atoms with Crippen LogP contribution in [0.25, 0.3) is 0 Å². The van der Waals surface area contributed by atoms with Gasteiger partial charge in [0, 0.05) is 23.5 Å². The van der Waals surface area contributed by atoms with Gasteiger partial charge >= 0.3 is 0 Å². The summed E-state index contributed by atoms with van der Waals surface area (Å²) >= 11 is 0. The highest BCUT2D eigenvalue weighted by atomic mass is 14.7. The van der Waals surface area contributed by atoms with Gasteiger partial charge in [-0.15, -0.1) is 0 Å². The first-order chi connectivity index (χ1) is 6.41. The maximum Gasteiger partial charge on any atom is 0.0457 e. The lowest BCUT2D eigenvalue weighted by Gasteiger charge is -2.17. The first kappa shape index (κ1) is 13.2. The van der Waals surface area contributed by atoms with Crippen molar-refractivity contribution < 1.29 is 0 Å². The second-order valence-electron chi connectivity index (χ2n) is 4.71. The fourth-order valence-electron chi connectivity index (χ4n) is 0.938. The molecule has 82 valence electrons. The first-order valence-electron chi connectivity index (χ1n) is 5.41. The molecule has 0 spiro atoms. The van der Waals surface area contributed by atoms with Gasteiger partial charge in [-0.25, -0.2) is 0 Å². The molecule has 0 aliphatic rings. The number of nitrogens with zero attached hydrogens (tertiary/aromatic N) is 1. The monoisotopic (exact) mass is 196 g/mol. The fraction of sp³-hybridized carbons (Fsp3) is 0.750. The van der Waals surface area contributed by atoms with Crippen LogP contribution in [0.2, 0.25) is 0 Å². The van der Waals surface area contributed by atoms with Crippen LogP contribution < -0.4 is 5.73 Å². The Bertz CT molecular complexity index is 205. The number of hydrogen-bond donors (Lipinski definition) is 1. The molecule has 0 bridgehead atoms. The maximum atomic E-state index is 5.87. The summed E-state index contributed by atoms with van der Waals surface area (Å²) in [4.78, 5) is 4.27. The van der Waals surface area contributed by atoms with Crippen molar-refractivity contribution in [2.75, 3.05) is 0 Å². The molecule has 0 aromatic carbocycles. The zero-order chi connectivity index (χ0) is 11.2. The molecule has 0 saturated carbocycles. The molecule has 0 aromatic rings. The summed E-state index contributed by atoms with van der Waals surface area (Å²) in [5.41, 5.74) is 6.72. The van der Waals surface area contributed by atoms with Gasteiger partial charge in [0.05, 0.1) is 0 Å². The van der Waals surface area contributed by atoms with Crippen LogP contribution in [-0.4, -0.2) is 6.21 Å². The third-order valence-electron chi connectivity index (χ3n) is 2.43. The molecule has 0 radical (unpaired) electrons. The van der Waals surface area contributed by atoms with Gasteiger partial charge in [-0.3, -0.25) is 4.99 Å². The van der Waals surface area contributed by atoms with Gasteiger partial charge in [0.2, 0.25) is 0 Å². The van der Waals surface area contributed by atoms with Gasteiger partial charge in [-0.05, 0) is 18.8 Å². The van der Waals surface area contributed by atoms with Crippen LogP contribution in [-0.2, 0) is 0 Å². The van der Waals surface area contributed by atoms with Crippen LogP contribution in [0.3, 0.4) is 0 Å². The lowest BCUT2D eigenvalue weighted by Crippen LogP contribution is -2.16. The van der Waals surface area contributed by atoms with Crippen molar-refractivity contribution in [2.24, 2.45) is 22.1 Å². The zero-order valence-corrected chi connectivity index (χ0v) is 10.2. The van der Waals surface area contributed by atoms with Crippen LogP contribution in [0, 0.1) is 11.3 Å². The Morgan fingerprint density at radius 3 is 2.14 bits per heavy atom. The van der Waals surface area contributed by atoms with E-state index >= 15 is 0 Å². The quantitative estimate of drug-likeness (QED) is 0.688. The summed E-state index contributed by atoms with van der Waals surface area (Å²) < 4.78 is 0. The smallest absolute Gasteiger partial charge is 0.0457 e. The van der Waals surface area contributed by atoms with E-state index < -0.39 is 0 Å². The maximum absolute atomic E-state index is 5.87. The van der Waals surface area contributed by atoms with Crippen LogP contribution in [0.5, 0.6) is 0 Å². The van der Waals surface area contributed by atoms with Crippen LogP contribution in [0.15, 0.2) is 16.9 Å². The van der Waals surface area contributed by atoms with Gasteiger partial charge in [0.15, 0.2) is 0 Å². The van der Waals surface area contributed by atoms with Gasteiger partial charge in [-0.1, -0.05) is 34.6 Å². The molecule has 0 rings (SSSR count). The second-order valence-corrected chi connectivity index (χ2v) is 4.71. The summed E-state index contributed by atoms with van der Waals surface area (Å²) in [6, 6.07) is 0. The predicted octanol–water partition coefficient (Wildman–Crippen LogP) is 3.34. The molecule has 0 fully saturated rings. The van der Waals surface area contributed by atoms with Crippen molar-refractivity contribution in [2.45, 2.75) is 47.5 Å². The molecule has 0 atom stereocenters. The molecule has 0 amide bonds. The molecule has 2 N–H and O–H groups in total. The van der Waals surface area contributed by atoms with E-state index in [9.17, 15) is 0 Å². The molecule has 0 unspecified atom stereocenters. The minimum Gasteiger partial charge on any atom is -0.400 e. The third kappa shape index (κ3) is 5.05. The van der Waals surface area contributed by atoms with Crippen molar-refractivity contribution in [1.29, 1.82) is 0 Å². The van der Waals surface area contributed by atoms with E-state index in [0.717, 1.165) is 18.5 Å². The number of aliphatic imine (C=N–C) groups is 1. The van der Waals surface area contributed by atoms with Crippen molar-refractivity contribution in [3.8, 4) is 0 Å². The fourth-order valence-corrected chi connectivity index (χ4v) is 0.938. The van der Waals surface area contributed by atoms with E-state index in [0.29, 0.717) is 5.92 Å². The zero-order valence-electron chi connectivity index (χ0n) is 10.2. The van der Waals surface area contributed by atoms with E-state index in [-0.39, 0.29) is 5.41 Å². The van der Waals surface area contributed by atoms with Gasteiger partial charge < -0.3 is 5.73 Å². The number of hydrogen-bond acceptors (Lipinski definition) is 2. The van der Waals surface area contributed by atoms with E-state index in [4.69, 9.17) is 5.73 Å². The molecule has 0 aliphatic carbocycles. The summed E-state index contributed by atoms with van der Waals surface area (Å²) in [7, 11) is 0. The van der Waals surface area contributed by atoms with Crippen LogP contribution in [0.1, 0.15) is 47.5 Å². The summed E-state index contributed by atoms with van der Waals surface area (Å²) in [5, 5.41) is 0. The molecular weight excluding hydrogens is 172 g/mol. The normalized spacial score (nSPS) is 14.3. The topological polar surface area (TPSA) is 38.4 Å². The average Bonchev–Trinajstić information content (AvgIpc) is 2.10. The summed E-state index contributed by atoms with van der Waals surface area (Å²) in [6.07, 6.45) is 6.06. The van der Waals surface area contributed by atoms with Crippen molar-refractivity contribution in [1.82, 2.24) is 0 Å². The van der Waals surface area contributed by atoms with Gasteiger partial charge in [-0.2, -0.15) is 0 Å². The Kier molecular flexibility index (Phi) is 5.51. The lowest BCUT2D eigenvalue weighted by molar-refractivity contribution is 0.496. The predicted molar refractivity (Wildman–Crippen MR) is 64.3 cm³/mol. The highest BCUT2D eigenvalue weighted by molar-refractivity contribution is 5.61. The highest BCUT2D eigenvalue weighted by Gasteiger charge is 2.12. The minimum absolute atomic E-state index is 0.0191. The molecule has 0 aliphatic heterocycles. The Morgan fingerprint density at radius 1 is 1.29 bits per heavy atom. The molecule has 2 nitrogen and oxygen atoms in total.